The van der Waals surface area contributed by atoms with Gasteiger partial charge in [-0.25, -0.2) is 0 Å². The highest BCUT2D eigenvalue weighted by Gasteiger charge is 2.15. The van der Waals surface area contributed by atoms with Crippen LogP contribution in [0.3, 0.4) is 0 Å². The lowest BCUT2D eigenvalue weighted by Crippen LogP contribution is -2.16. The molecule has 0 aromatic heterocycles. The molecule has 3 N–H and O–H groups in total. The zero-order chi connectivity index (χ0) is 14.5. The third kappa shape index (κ3) is 2.81. The summed E-state index contributed by atoms with van der Waals surface area (Å²) in [6, 6.07) is 13.0. The molecule has 104 valence electrons. The first-order valence-corrected chi connectivity index (χ1v) is 6.40. The molecule has 0 spiro atoms. The number of hydrogen-bond donors (Lipinski definition) is 2. The van der Waals surface area contributed by atoms with Gasteiger partial charge >= 0.3 is 0 Å². The van der Waals surface area contributed by atoms with E-state index in [4.69, 9.17) is 10.5 Å². The Labute approximate surface area is 118 Å². The highest BCUT2D eigenvalue weighted by Crippen LogP contribution is 2.24. The zero-order valence-electron chi connectivity index (χ0n) is 11.6. The van der Waals surface area contributed by atoms with E-state index in [1.807, 2.05) is 43.3 Å². The zero-order valence-corrected chi connectivity index (χ0v) is 11.6. The molecule has 4 heteroatoms. The van der Waals surface area contributed by atoms with Gasteiger partial charge in [-0.1, -0.05) is 30.3 Å². The van der Waals surface area contributed by atoms with Gasteiger partial charge in [-0.15, -0.1) is 0 Å². The van der Waals surface area contributed by atoms with Crippen LogP contribution in [0.25, 0.3) is 0 Å². The van der Waals surface area contributed by atoms with E-state index >= 15 is 0 Å². The lowest BCUT2D eigenvalue weighted by atomic mass is 10.1. The molecule has 0 unspecified atom stereocenters. The molecule has 2 rings (SSSR count). The number of benzene rings is 2. The number of hydrogen-bond acceptors (Lipinski definition) is 3. The Bertz CT molecular complexity index is 624. The van der Waals surface area contributed by atoms with E-state index in [0.29, 0.717) is 17.9 Å². The topological polar surface area (TPSA) is 64.3 Å². The number of rotatable bonds is 4. The molecule has 0 saturated carbocycles. The van der Waals surface area contributed by atoms with E-state index in [1.165, 1.54) is 0 Å². The third-order valence-corrected chi connectivity index (χ3v) is 3.17. The van der Waals surface area contributed by atoms with Crippen molar-refractivity contribution in [3.05, 3.63) is 59.2 Å². The third-order valence-electron chi connectivity index (χ3n) is 3.17. The molecule has 0 aliphatic rings. The summed E-state index contributed by atoms with van der Waals surface area (Å²) in [4.78, 5) is 12.5. The van der Waals surface area contributed by atoms with Crippen molar-refractivity contribution >= 4 is 11.6 Å². The summed E-state index contributed by atoms with van der Waals surface area (Å²) < 4.78 is 5.26. The number of methoxy groups -OCH3 is 1. The summed E-state index contributed by atoms with van der Waals surface area (Å²) in [5.41, 5.74) is 8.71. The van der Waals surface area contributed by atoms with E-state index in [-0.39, 0.29) is 5.91 Å². The molecular weight excluding hydrogens is 252 g/mol. The monoisotopic (exact) mass is 270 g/mol. The summed E-state index contributed by atoms with van der Waals surface area (Å²) in [5.74, 6) is 0.369. The van der Waals surface area contributed by atoms with E-state index in [1.54, 1.807) is 13.2 Å². The first-order chi connectivity index (χ1) is 9.67. The maximum absolute atomic E-state index is 12.5. The normalized spacial score (nSPS) is 10.2. The van der Waals surface area contributed by atoms with Crippen LogP contribution in [0.15, 0.2) is 42.5 Å². The molecule has 0 aliphatic heterocycles. The maximum atomic E-state index is 12.5. The quantitative estimate of drug-likeness (QED) is 0.897. The van der Waals surface area contributed by atoms with Gasteiger partial charge in [-0.3, -0.25) is 4.79 Å². The van der Waals surface area contributed by atoms with Crippen LogP contribution >= 0.6 is 0 Å². The molecule has 20 heavy (non-hydrogen) atoms. The van der Waals surface area contributed by atoms with E-state index in [9.17, 15) is 4.79 Å². The minimum Gasteiger partial charge on any atom is -0.496 e. The van der Waals surface area contributed by atoms with Gasteiger partial charge in [-0.2, -0.15) is 0 Å². The Morgan fingerprint density at radius 2 is 1.95 bits per heavy atom. The van der Waals surface area contributed by atoms with Crippen molar-refractivity contribution in [2.24, 2.45) is 5.73 Å². The van der Waals surface area contributed by atoms with Crippen molar-refractivity contribution in [1.29, 1.82) is 0 Å². The van der Waals surface area contributed by atoms with Crippen LogP contribution in [0, 0.1) is 6.92 Å². The standard InChI is InChI=1S/C16H18N2O2/c1-11-6-5-9-14(20-2)15(11)16(19)18-13-8-4-3-7-12(13)10-17/h3-9H,10,17H2,1-2H3,(H,18,19). The Kier molecular flexibility index (Phi) is 4.38. The molecule has 0 saturated heterocycles. The molecule has 1 amide bonds. The molecule has 0 heterocycles. The highest BCUT2D eigenvalue weighted by atomic mass is 16.5. The minimum absolute atomic E-state index is 0.194. The van der Waals surface area contributed by atoms with Crippen LogP contribution in [-0.2, 0) is 6.54 Å². The lowest BCUT2D eigenvalue weighted by Gasteiger charge is -2.13. The molecular formula is C16H18N2O2. The Hall–Kier alpha value is -2.33. The molecule has 0 radical (unpaired) electrons. The van der Waals surface area contributed by atoms with Crippen LogP contribution in [0.4, 0.5) is 5.69 Å². The fourth-order valence-electron chi connectivity index (χ4n) is 2.11. The van der Waals surface area contributed by atoms with Crippen LogP contribution in [0.2, 0.25) is 0 Å². The Morgan fingerprint density at radius 3 is 2.65 bits per heavy atom. The number of carbonyl (C=O) groups excluding carboxylic acids is 1. The molecule has 0 atom stereocenters. The van der Waals surface area contributed by atoms with E-state index < -0.39 is 0 Å². The van der Waals surface area contributed by atoms with Crippen molar-refractivity contribution in [3.8, 4) is 5.75 Å². The van der Waals surface area contributed by atoms with Crippen molar-refractivity contribution in [3.63, 3.8) is 0 Å². The predicted octanol–water partition coefficient (Wildman–Crippen LogP) is 2.71. The maximum Gasteiger partial charge on any atom is 0.259 e. The smallest absolute Gasteiger partial charge is 0.259 e. The number of nitrogens with one attached hydrogen (secondary N) is 1. The molecule has 0 aliphatic carbocycles. The van der Waals surface area contributed by atoms with Gasteiger partial charge < -0.3 is 15.8 Å². The number of nitrogens with two attached hydrogens (primary N) is 1. The lowest BCUT2D eigenvalue weighted by molar-refractivity contribution is 0.102. The summed E-state index contributed by atoms with van der Waals surface area (Å²) in [7, 11) is 1.55. The SMILES string of the molecule is COc1cccc(C)c1C(=O)Nc1ccccc1CN. The van der Waals surface area contributed by atoms with Gasteiger partial charge in [0, 0.05) is 12.2 Å². The van der Waals surface area contributed by atoms with Gasteiger partial charge in [-0.05, 0) is 30.2 Å². The number of carbonyl (C=O) groups is 1. The van der Waals surface area contributed by atoms with Gasteiger partial charge in [0.1, 0.15) is 5.75 Å². The van der Waals surface area contributed by atoms with Gasteiger partial charge in [0.25, 0.3) is 5.91 Å². The highest BCUT2D eigenvalue weighted by molar-refractivity contribution is 6.07. The molecule has 2 aromatic rings. The first kappa shape index (κ1) is 14.1. The second-order valence-corrected chi connectivity index (χ2v) is 4.47. The number of anilines is 1. The fourth-order valence-corrected chi connectivity index (χ4v) is 2.11. The average Bonchev–Trinajstić information content (AvgIpc) is 2.47. The number of aryl methyl sites for hydroxylation is 1. The average molecular weight is 270 g/mol. The Morgan fingerprint density at radius 1 is 1.20 bits per heavy atom. The first-order valence-electron chi connectivity index (χ1n) is 6.40. The molecule has 2 aromatic carbocycles. The minimum atomic E-state index is -0.194. The largest absolute Gasteiger partial charge is 0.496 e. The van der Waals surface area contributed by atoms with Gasteiger partial charge in [0.05, 0.1) is 12.7 Å². The number of para-hydroxylation sites is 1. The summed E-state index contributed by atoms with van der Waals surface area (Å²) in [6.45, 7) is 2.26. The van der Waals surface area contributed by atoms with Crippen molar-refractivity contribution < 1.29 is 9.53 Å². The van der Waals surface area contributed by atoms with Crippen LogP contribution < -0.4 is 15.8 Å². The number of ether oxygens (including phenoxy) is 1. The molecule has 0 bridgehead atoms. The van der Waals surface area contributed by atoms with E-state index in [2.05, 4.69) is 5.32 Å². The Balaban J connectivity index is 2.33. The van der Waals surface area contributed by atoms with E-state index in [0.717, 1.165) is 16.8 Å². The molecule has 4 nitrogen and oxygen atoms in total. The molecule has 0 fully saturated rings. The van der Waals surface area contributed by atoms with Gasteiger partial charge in [0.15, 0.2) is 0 Å². The number of amides is 1. The summed E-state index contributed by atoms with van der Waals surface area (Å²) in [6.07, 6.45) is 0. The van der Waals surface area contributed by atoms with Crippen molar-refractivity contribution in [2.75, 3.05) is 12.4 Å². The van der Waals surface area contributed by atoms with Gasteiger partial charge in [0.2, 0.25) is 0 Å². The second-order valence-electron chi connectivity index (χ2n) is 4.47. The summed E-state index contributed by atoms with van der Waals surface area (Å²) >= 11 is 0. The van der Waals surface area contributed by atoms with Crippen LogP contribution in [-0.4, -0.2) is 13.0 Å². The van der Waals surface area contributed by atoms with Crippen LogP contribution in [0.5, 0.6) is 5.75 Å². The second kappa shape index (κ2) is 6.21. The van der Waals surface area contributed by atoms with Crippen molar-refractivity contribution in [2.45, 2.75) is 13.5 Å². The fraction of sp³-hybridized carbons (Fsp3) is 0.188. The predicted molar refractivity (Wildman–Crippen MR) is 80.0 cm³/mol. The van der Waals surface area contributed by atoms with Crippen molar-refractivity contribution in [1.82, 2.24) is 0 Å². The summed E-state index contributed by atoms with van der Waals surface area (Å²) in [5, 5.41) is 2.89. The van der Waals surface area contributed by atoms with Crippen LogP contribution in [0.1, 0.15) is 21.5 Å².